The minimum atomic E-state index is -4.68. The largest absolute Gasteiger partial charge is 1.00 e. The Morgan fingerprint density at radius 2 is 1.58 bits per heavy atom. The van der Waals surface area contributed by atoms with Crippen LogP contribution in [0.25, 0.3) is 0 Å². The molecule has 0 aromatic carbocycles. The zero-order valence-corrected chi connectivity index (χ0v) is 16.3. The fourth-order valence-electron chi connectivity index (χ4n) is 1.62. The van der Waals surface area contributed by atoms with Crippen LogP contribution in [-0.2, 0) is 19.3 Å². The molecule has 1 atom stereocenters. The first-order chi connectivity index (χ1) is 8.49. The minimum absolute atomic E-state index is 0. The van der Waals surface area contributed by atoms with E-state index < -0.39 is 16.7 Å². The first-order valence-electron chi connectivity index (χ1n) is 6.75. The second-order valence-corrected chi connectivity index (χ2v) is 5.37. The molecule has 0 heterocycles. The molecule has 0 aromatic rings. The monoisotopic (exact) mass is 320 g/mol. The van der Waals surface area contributed by atoms with E-state index in [1.807, 2.05) is 6.92 Å². The van der Waals surface area contributed by atoms with E-state index in [0.29, 0.717) is 19.4 Å². The molecular formula is C12H25KO5S. The smallest absolute Gasteiger partial charge is 0.725 e. The Kier molecular flexibility index (Phi) is 17.2. The molecule has 19 heavy (non-hydrogen) atoms. The van der Waals surface area contributed by atoms with Crippen molar-refractivity contribution in [2.45, 2.75) is 71.5 Å². The van der Waals surface area contributed by atoms with Crippen molar-refractivity contribution in [3.05, 3.63) is 0 Å². The van der Waals surface area contributed by atoms with Gasteiger partial charge in [-0.15, -0.1) is 0 Å². The molecule has 110 valence electrons. The van der Waals surface area contributed by atoms with Crippen LogP contribution in [0.15, 0.2) is 0 Å². The summed E-state index contributed by atoms with van der Waals surface area (Å²) in [4.78, 5) is 0. The Morgan fingerprint density at radius 3 is 2.11 bits per heavy atom. The summed E-state index contributed by atoms with van der Waals surface area (Å²) in [6.07, 6.45) is 6.97. The van der Waals surface area contributed by atoms with E-state index in [0.717, 1.165) is 19.3 Å². The third kappa shape index (κ3) is 17.4. The van der Waals surface area contributed by atoms with Crippen molar-refractivity contribution in [3.63, 3.8) is 0 Å². The van der Waals surface area contributed by atoms with Crippen LogP contribution >= 0.6 is 0 Å². The van der Waals surface area contributed by atoms with Gasteiger partial charge in [0.2, 0.25) is 10.4 Å². The van der Waals surface area contributed by atoms with Crippen molar-refractivity contribution < 1.29 is 73.3 Å². The number of hydrogen-bond donors (Lipinski definition) is 0. The van der Waals surface area contributed by atoms with Gasteiger partial charge in [-0.3, -0.25) is 0 Å². The van der Waals surface area contributed by atoms with Gasteiger partial charge in [-0.25, -0.2) is 12.6 Å². The summed E-state index contributed by atoms with van der Waals surface area (Å²) in [5.74, 6) is 0. The van der Waals surface area contributed by atoms with Crippen LogP contribution in [0.5, 0.6) is 0 Å². The molecule has 0 aliphatic heterocycles. The van der Waals surface area contributed by atoms with Crippen LogP contribution in [-0.4, -0.2) is 25.9 Å². The van der Waals surface area contributed by atoms with Gasteiger partial charge < -0.3 is 9.29 Å². The zero-order chi connectivity index (χ0) is 13.9. The predicted molar refractivity (Wildman–Crippen MR) is 68.8 cm³/mol. The molecule has 0 fully saturated rings. The Balaban J connectivity index is 0. The second-order valence-electron chi connectivity index (χ2n) is 4.36. The molecule has 0 bridgehead atoms. The van der Waals surface area contributed by atoms with Crippen molar-refractivity contribution in [2.24, 2.45) is 0 Å². The number of rotatable bonds is 12. The molecule has 0 radical (unpaired) electrons. The Labute approximate surface area is 160 Å². The number of hydrogen-bond acceptors (Lipinski definition) is 5. The van der Waals surface area contributed by atoms with Gasteiger partial charge in [0.15, 0.2) is 6.29 Å². The minimum Gasteiger partial charge on any atom is -0.725 e. The predicted octanol–water partition coefficient (Wildman–Crippen LogP) is -0.0295. The fraction of sp³-hybridized carbons (Fsp3) is 1.00. The van der Waals surface area contributed by atoms with Gasteiger partial charge in [0.1, 0.15) is 0 Å². The van der Waals surface area contributed by atoms with Gasteiger partial charge in [0.05, 0.1) is 0 Å². The summed E-state index contributed by atoms with van der Waals surface area (Å²) in [7, 11) is -4.68. The van der Waals surface area contributed by atoms with Gasteiger partial charge in [0, 0.05) is 6.61 Å². The molecule has 0 spiro atoms. The summed E-state index contributed by atoms with van der Waals surface area (Å²) < 4.78 is 41.0. The van der Waals surface area contributed by atoms with E-state index in [-0.39, 0.29) is 51.4 Å². The molecule has 0 amide bonds. The summed E-state index contributed by atoms with van der Waals surface area (Å²) >= 11 is 0. The molecule has 0 aromatic heterocycles. The van der Waals surface area contributed by atoms with Crippen molar-refractivity contribution in [1.82, 2.24) is 0 Å². The molecule has 1 unspecified atom stereocenters. The summed E-state index contributed by atoms with van der Waals surface area (Å²) in [6.45, 7) is 4.48. The van der Waals surface area contributed by atoms with Crippen molar-refractivity contribution in [2.75, 3.05) is 6.61 Å². The summed E-state index contributed by atoms with van der Waals surface area (Å²) in [5.41, 5.74) is 0. The van der Waals surface area contributed by atoms with Crippen LogP contribution in [0.3, 0.4) is 0 Å². The molecule has 0 rings (SSSR count). The van der Waals surface area contributed by atoms with E-state index in [2.05, 4.69) is 11.1 Å². The Morgan fingerprint density at radius 1 is 1.00 bits per heavy atom. The summed E-state index contributed by atoms with van der Waals surface area (Å²) in [5, 5.41) is 0. The van der Waals surface area contributed by atoms with Crippen LogP contribution in [0.4, 0.5) is 0 Å². The molecule has 0 N–H and O–H groups in total. The second kappa shape index (κ2) is 14.4. The van der Waals surface area contributed by atoms with Crippen molar-refractivity contribution in [3.8, 4) is 0 Å². The van der Waals surface area contributed by atoms with Crippen LogP contribution < -0.4 is 51.4 Å². The van der Waals surface area contributed by atoms with E-state index in [1.54, 1.807) is 0 Å². The van der Waals surface area contributed by atoms with Crippen LogP contribution in [0, 0.1) is 0 Å². The maximum Gasteiger partial charge on any atom is 1.00 e. The topological polar surface area (TPSA) is 75.7 Å². The van der Waals surface area contributed by atoms with E-state index >= 15 is 0 Å². The van der Waals surface area contributed by atoms with E-state index in [9.17, 15) is 13.0 Å². The Hall–Kier alpha value is 1.47. The van der Waals surface area contributed by atoms with E-state index in [4.69, 9.17) is 4.74 Å². The molecule has 7 heteroatoms. The Bertz CT molecular complexity index is 282. The molecular weight excluding hydrogens is 295 g/mol. The number of ether oxygens (including phenoxy) is 1. The van der Waals surface area contributed by atoms with Gasteiger partial charge >= 0.3 is 51.4 Å². The zero-order valence-electron chi connectivity index (χ0n) is 12.4. The van der Waals surface area contributed by atoms with Crippen LogP contribution in [0.2, 0.25) is 0 Å². The number of unbranched alkanes of at least 4 members (excludes halogenated alkanes) is 5. The van der Waals surface area contributed by atoms with Crippen molar-refractivity contribution >= 4 is 10.4 Å². The van der Waals surface area contributed by atoms with Gasteiger partial charge in [-0.05, 0) is 12.8 Å². The maximum atomic E-state index is 10.5. The summed E-state index contributed by atoms with van der Waals surface area (Å²) in [6, 6.07) is 0. The average Bonchev–Trinajstić information content (AvgIpc) is 2.26. The third-order valence-electron chi connectivity index (χ3n) is 2.55. The third-order valence-corrected chi connectivity index (χ3v) is 3.00. The van der Waals surface area contributed by atoms with Crippen molar-refractivity contribution in [1.29, 1.82) is 0 Å². The SMILES string of the molecule is CCCCCCCCOC(CCC)OS(=O)(=O)[O-].[K+]. The standard InChI is InChI=1S/C12H26O5S.K/c1-3-5-6-7-8-9-11-16-12(10-4-2)17-18(13,14)15;/h12H,3-11H2,1-2H3,(H,13,14,15);/q;+1/p-1. The quantitative estimate of drug-likeness (QED) is 0.166. The molecule has 0 saturated heterocycles. The van der Waals surface area contributed by atoms with Gasteiger partial charge in [0.25, 0.3) is 0 Å². The average molecular weight is 320 g/mol. The molecule has 0 aliphatic rings. The van der Waals surface area contributed by atoms with Crippen LogP contribution in [0.1, 0.15) is 65.2 Å². The molecule has 0 saturated carbocycles. The normalized spacial score (nSPS) is 13.0. The van der Waals surface area contributed by atoms with E-state index in [1.165, 1.54) is 19.3 Å². The maximum absolute atomic E-state index is 10.5. The van der Waals surface area contributed by atoms with Gasteiger partial charge in [-0.1, -0.05) is 52.4 Å². The van der Waals surface area contributed by atoms with Gasteiger partial charge in [-0.2, -0.15) is 0 Å². The molecule has 5 nitrogen and oxygen atoms in total. The molecule has 0 aliphatic carbocycles. The first kappa shape index (κ1) is 22.7. The fourth-order valence-corrected chi connectivity index (χ4v) is 2.04. The first-order valence-corrected chi connectivity index (χ1v) is 8.08.